The molecule has 1 saturated carbocycles. The Morgan fingerprint density at radius 2 is 1.89 bits per heavy atom. The highest BCUT2D eigenvalue weighted by molar-refractivity contribution is 7.92. The van der Waals surface area contributed by atoms with Crippen molar-refractivity contribution in [2.75, 3.05) is 21.5 Å². The van der Waals surface area contributed by atoms with E-state index in [0.717, 1.165) is 36.9 Å². The van der Waals surface area contributed by atoms with Gasteiger partial charge in [0.25, 0.3) is 10.0 Å². The maximum Gasteiger partial charge on any atom is 0.263 e. The molecular weight excluding hydrogens is 366 g/mol. The van der Waals surface area contributed by atoms with Crippen LogP contribution in [-0.4, -0.2) is 37.1 Å². The standard InChI is InChI=1S/C18H21N5O3S/c1-12(24)23-10-2-3-13-11-15(6-7-16(13)23)27(25,26)22-18-9-8-17(20-21-18)19-14-4-5-14/h6-9,11,14H,2-5,10H2,1H3,(H,19,20)(H,21,22). The molecular formula is C18H21N5O3S. The van der Waals surface area contributed by atoms with Crippen LogP contribution in [0, 0.1) is 0 Å². The second-order valence-corrected chi connectivity index (χ2v) is 8.58. The van der Waals surface area contributed by atoms with Crippen LogP contribution in [0.15, 0.2) is 35.2 Å². The lowest BCUT2D eigenvalue weighted by Crippen LogP contribution is -2.33. The third-order valence-electron chi connectivity index (χ3n) is 4.69. The molecule has 1 aliphatic carbocycles. The molecule has 2 aromatic rings. The van der Waals surface area contributed by atoms with Gasteiger partial charge in [-0.25, -0.2) is 8.42 Å². The molecule has 1 aliphatic heterocycles. The fraction of sp³-hybridized carbons (Fsp3) is 0.389. The number of aromatic nitrogens is 2. The maximum absolute atomic E-state index is 12.7. The Morgan fingerprint density at radius 1 is 1.15 bits per heavy atom. The Labute approximate surface area is 158 Å². The number of nitrogens with one attached hydrogen (secondary N) is 2. The fourth-order valence-electron chi connectivity index (χ4n) is 3.16. The summed E-state index contributed by atoms with van der Waals surface area (Å²) in [6, 6.07) is 8.58. The van der Waals surface area contributed by atoms with Crippen LogP contribution in [0.4, 0.5) is 17.3 Å². The van der Waals surface area contributed by atoms with Crippen LogP contribution in [0.2, 0.25) is 0 Å². The lowest BCUT2D eigenvalue weighted by atomic mass is 10.0. The van der Waals surface area contributed by atoms with E-state index in [1.165, 1.54) is 13.0 Å². The molecule has 0 unspecified atom stereocenters. The number of carbonyl (C=O) groups excluding carboxylic acids is 1. The molecule has 0 spiro atoms. The van der Waals surface area contributed by atoms with E-state index in [4.69, 9.17) is 0 Å². The Bertz CT molecular complexity index is 971. The van der Waals surface area contributed by atoms with E-state index in [1.807, 2.05) is 0 Å². The highest BCUT2D eigenvalue weighted by Gasteiger charge is 2.24. The monoisotopic (exact) mass is 387 g/mol. The van der Waals surface area contributed by atoms with E-state index in [-0.39, 0.29) is 16.6 Å². The van der Waals surface area contributed by atoms with Gasteiger partial charge in [0.1, 0.15) is 5.82 Å². The molecule has 8 nitrogen and oxygen atoms in total. The zero-order valence-corrected chi connectivity index (χ0v) is 15.8. The van der Waals surface area contributed by atoms with Gasteiger partial charge < -0.3 is 10.2 Å². The van der Waals surface area contributed by atoms with Gasteiger partial charge in [-0.1, -0.05) is 0 Å². The van der Waals surface area contributed by atoms with Crippen molar-refractivity contribution in [3.63, 3.8) is 0 Å². The molecule has 1 aromatic heterocycles. The quantitative estimate of drug-likeness (QED) is 0.815. The summed E-state index contributed by atoms with van der Waals surface area (Å²) in [5.41, 5.74) is 1.64. The van der Waals surface area contributed by atoms with E-state index in [1.54, 1.807) is 29.2 Å². The smallest absolute Gasteiger partial charge is 0.263 e. The molecule has 2 aliphatic rings. The summed E-state index contributed by atoms with van der Waals surface area (Å²) in [7, 11) is -3.78. The second-order valence-electron chi connectivity index (χ2n) is 6.89. The number of fused-ring (bicyclic) bond motifs is 1. The highest BCUT2D eigenvalue weighted by Crippen LogP contribution is 2.30. The summed E-state index contributed by atoms with van der Waals surface area (Å²) in [4.78, 5) is 13.6. The molecule has 4 rings (SSSR count). The first-order valence-electron chi connectivity index (χ1n) is 8.96. The van der Waals surface area contributed by atoms with Crippen molar-refractivity contribution in [1.29, 1.82) is 0 Å². The Kier molecular flexibility index (Phi) is 4.47. The summed E-state index contributed by atoms with van der Waals surface area (Å²) in [5.74, 6) is 0.762. The van der Waals surface area contributed by atoms with Crippen LogP contribution in [-0.2, 0) is 21.2 Å². The van der Waals surface area contributed by atoms with Crippen LogP contribution >= 0.6 is 0 Å². The number of benzene rings is 1. The van der Waals surface area contributed by atoms with Crippen LogP contribution in [0.5, 0.6) is 0 Å². The van der Waals surface area contributed by atoms with E-state index >= 15 is 0 Å². The largest absolute Gasteiger partial charge is 0.366 e. The van der Waals surface area contributed by atoms with Crippen molar-refractivity contribution in [2.24, 2.45) is 0 Å². The molecule has 2 heterocycles. The number of sulfonamides is 1. The van der Waals surface area contributed by atoms with E-state index in [9.17, 15) is 13.2 Å². The first kappa shape index (κ1) is 17.7. The van der Waals surface area contributed by atoms with Gasteiger partial charge in [0.2, 0.25) is 5.91 Å². The van der Waals surface area contributed by atoms with Crippen LogP contribution < -0.4 is 14.9 Å². The van der Waals surface area contributed by atoms with E-state index in [0.29, 0.717) is 18.4 Å². The second kappa shape index (κ2) is 6.80. The van der Waals surface area contributed by atoms with Crippen molar-refractivity contribution in [3.8, 4) is 0 Å². The van der Waals surface area contributed by atoms with Gasteiger partial charge in [0.05, 0.1) is 4.90 Å². The van der Waals surface area contributed by atoms with Gasteiger partial charge in [-0.05, 0) is 61.6 Å². The Balaban J connectivity index is 1.54. The normalized spacial score (nSPS) is 16.6. The minimum absolute atomic E-state index is 0.0418. The summed E-state index contributed by atoms with van der Waals surface area (Å²) in [5, 5.41) is 11.1. The maximum atomic E-state index is 12.7. The summed E-state index contributed by atoms with van der Waals surface area (Å²) >= 11 is 0. The third-order valence-corrected chi connectivity index (χ3v) is 6.05. The highest BCUT2D eigenvalue weighted by atomic mass is 32.2. The number of nitrogens with zero attached hydrogens (tertiary/aromatic N) is 3. The SMILES string of the molecule is CC(=O)N1CCCc2cc(S(=O)(=O)Nc3ccc(NC4CC4)nn3)ccc21. The number of carbonyl (C=O) groups is 1. The van der Waals surface area contributed by atoms with Crippen LogP contribution in [0.1, 0.15) is 31.7 Å². The number of hydrogen-bond donors (Lipinski definition) is 2. The van der Waals surface area contributed by atoms with Gasteiger partial charge in [0, 0.05) is 25.2 Å². The molecule has 142 valence electrons. The van der Waals surface area contributed by atoms with Crippen molar-refractivity contribution in [3.05, 3.63) is 35.9 Å². The lowest BCUT2D eigenvalue weighted by Gasteiger charge is -2.28. The van der Waals surface area contributed by atoms with Gasteiger partial charge in [-0.15, -0.1) is 10.2 Å². The predicted molar refractivity (Wildman–Crippen MR) is 102 cm³/mol. The number of anilines is 3. The third kappa shape index (κ3) is 3.87. The molecule has 9 heteroatoms. The van der Waals surface area contributed by atoms with Crippen molar-refractivity contribution >= 4 is 33.3 Å². The molecule has 27 heavy (non-hydrogen) atoms. The molecule has 1 fully saturated rings. The number of hydrogen-bond acceptors (Lipinski definition) is 6. The fourth-order valence-corrected chi connectivity index (χ4v) is 4.21. The molecule has 0 bridgehead atoms. The summed E-state index contributed by atoms with van der Waals surface area (Å²) < 4.78 is 27.9. The zero-order chi connectivity index (χ0) is 19.0. The number of amides is 1. The number of rotatable bonds is 5. The van der Waals surface area contributed by atoms with Gasteiger partial charge in [0.15, 0.2) is 5.82 Å². The van der Waals surface area contributed by atoms with Gasteiger partial charge in [-0.3, -0.25) is 9.52 Å². The van der Waals surface area contributed by atoms with Gasteiger partial charge >= 0.3 is 0 Å². The average molecular weight is 387 g/mol. The van der Waals surface area contributed by atoms with E-state index in [2.05, 4.69) is 20.2 Å². The summed E-state index contributed by atoms with van der Waals surface area (Å²) in [6.45, 7) is 2.17. The predicted octanol–water partition coefficient (Wildman–Crippen LogP) is 2.15. The van der Waals surface area contributed by atoms with Gasteiger partial charge in [-0.2, -0.15) is 0 Å². The van der Waals surface area contributed by atoms with E-state index < -0.39 is 10.0 Å². The summed E-state index contributed by atoms with van der Waals surface area (Å²) in [6.07, 6.45) is 3.79. The van der Waals surface area contributed by atoms with Crippen molar-refractivity contribution < 1.29 is 13.2 Å². The van der Waals surface area contributed by atoms with Crippen LogP contribution in [0.25, 0.3) is 0 Å². The molecule has 0 saturated heterocycles. The minimum atomic E-state index is -3.78. The first-order valence-corrected chi connectivity index (χ1v) is 10.4. The molecule has 0 atom stereocenters. The molecule has 0 radical (unpaired) electrons. The van der Waals surface area contributed by atoms with Crippen molar-refractivity contribution in [2.45, 2.75) is 43.5 Å². The van der Waals surface area contributed by atoms with Crippen molar-refractivity contribution in [1.82, 2.24) is 10.2 Å². The Hall–Kier alpha value is -2.68. The van der Waals surface area contributed by atoms with Crippen LogP contribution in [0.3, 0.4) is 0 Å². The first-order chi connectivity index (χ1) is 12.9. The zero-order valence-electron chi connectivity index (χ0n) is 15.0. The average Bonchev–Trinajstić information content (AvgIpc) is 3.46. The molecule has 1 amide bonds. The minimum Gasteiger partial charge on any atom is -0.366 e. The lowest BCUT2D eigenvalue weighted by molar-refractivity contribution is -0.116. The number of aryl methyl sites for hydroxylation is 1. The Morgan fingerprint density at radius 3 is 2.56 bits per heavy atom. The molecule has 2 N–H and O–H groups in total. The topological polar surface area (TPSA) is 104 Å². The molecule has 1 aromatic carbocycles.